The predicted octanol–water partition coefficient (Wildman–Crippen LogP) is 0.0908. The summed E-state index contributed by atoms with van der Waals surface area (Å²) in [6.45, 7) is 7.08. The van der Waals surface area contributed by atoms with E-state index < -0.39 is 0 Å². The molecule has 0 spiro atoms. The molecule has 0 fully saturated rings. The van der Waals surface area contributed by atoms with Crippen LogP contribution in [0.3, 0.4) is 0 Å². The molecule has 1 amide bonds. The van der Waals surface area contributed by atoms with Crippen molar-refractivity contribution < 1.29 is 9.53 Å². The van der Waals surface area contributed by atoms with Crippen molar-refractivity contribution in [2.75, 3.05) is 39.9 Å². The van der Waals surface area contributed by atoms with Gasteiger partial charge < -0.3 is 15.0 Å². The third-order valence-corrected chi connectivity index (χ3v) is 1.77. The van der Waals surface area contributed by atoms with E-state index in [1.54, 1.807) is 11.9 Å². The van der Waals surface area contributed by atoms with Crippen molar-refractivity contribution in [3.05, 3.63) is 0 Å². The molecule has 0 aliphatic carbocycles. The summed E-state index contributed by atoms with van der Waals surface area (Å²) in [6.07, 6.45) is 0. The van der Waals surface area contributed by atoms with Gasteiger partial charge in [0.2, 0.25) is 5.91 Å². The summed E-state index contributed by atoms with van der Waals surface area (Å²) < 4.78 is 5.18. The summed E-state index contributed by atoms with van der Waals surface area (Å²) in [5, 5.41) is 2.84. The molecular weight excluding hydrogens is 168 g/mol. The van der Waals surface area contributed by atoms with Crippen molar-refractivity contribution >= 4 is 5.91 Å². The Morgan fingerprint density at radius 2 is 2.15 bits per heavy atom. The molecule has 78 valence electrons. The molecule has 13 heavy (non-hydrogen) atoms. The molecule has 4 nitrogen and oxygen atoms in total. The molecule has 0 aromatic heterocycles. The van der Waals surface area contributed by atoms with Crippen LogP contribution >= 0.6 is 0 Å². The number of carbonyl (C=O) groups is 1. The van der Waals surface area contributed by atoms with Crippen LogP contribution in [0.1, 0.15) is 13.8 Å². The van der Waals surface area contributed by atoms with Crippen LogP contribution in [0.25, 0.3) is 0 Å². The zero-order valence-corrected chi connectivity index (χ0v) is 8.80. The fourth-order valence-corrected chi connectivity index (χ4v) is 1.04. The van der Waals surface area contributed by atoms with Gasteiger partial charge >= 0.3 is 0 Å². The lowest BCUT2D eigenvalue weighted by atomic mass is 10.4. The lowest BCUT2D eigenvalue weighted by Crippen LogP contribution is -2.39. The Kier molecular flexibility index (Phi) is 7.63. The number of amides is 1. The van der Waals surface area contributed by atoms with E-state index in [4.69, 9.17) is 4.74 Å². The molecule has 0 aliphatic heterocycles. The minimum absolute atomic E-state index is 0.129. The minimum Gasteiger partial charge on any atom is -0.380 e. The van der Waals surface area contributed by atoms with Gasteiger partial charge in [0.15, 0.2) is 0 Å². The van der Waals surface area contributed by atoms with Crippen LogP contribution in [-0.2, 0) is 9.53 Å². The highest BCUT2D eigenvalue weighted by atomic mass is 16.5. The number of hydrogen-bond donors (Lipinski definition) is 1. The SMILES string of the molecule is CCOCCN(CC)C(=O)CNC. The second-order valence-electron chi connectivity index (χ2n) is 2.70. The molecule has 0 rings (SSSR count). The van der Waals surface area contributed by atoms with Gasteiger partial charge in [-0.2, -0.15) is 0 Å². The number of ether oxygens (including phenoxy) is 1. The average Bonchev–Trinajstić information content (AvgIpc) is 2.13. The molecule has 0 radical (unpaired) electrons. The summed E-state index contributed by atoms with van der Waals surface area (Å²) >= 11 is 0. The van der Waals surface area contributed by atoms with Crippen LogP contribution in [-0.4, -0.2) is 50.7 Å². The van der Waals surface area contributed by atoms with Gasteiger partial charge in [0.1, 0.15) is 0 Å². The highest BCUT2D eigenvalue weighted by molar-refractivity contribution is 5.78. The number of hydrogen-bond acceptors (Lipinski definition) is 3. The van der Waals surface area contributed by atoms with E-state index in [9.17, 15) is 4.79 Å². The van der Waals surface area contributed by atoms with Gasteiger partial charge in [0.05, 0.1) is 13.2 Å². The minimum atomic E-state index is 0.129. The lowest BCUT2D eigenvalue weighted by Gasteiger charge is -2.20. The Labute approximate surface area is 80.2 Å². The smallest absolute Gasteiger partial charge is 0.236 e. The van der Waals surface area contributed by atoms with Crippen LogP contribution < -0.4 is 5.32 Å². The molecule has 0 heterocycles. The number of nitrogens with zero attached hydrogens (tertiary/aromatic N) is 1. The molecule has 0 aromatic rings. The van der Waals surface area contributed by atoms with Crippen molar-refractivity contribution in [1.82, 2.24) is 10.2 Å². The number of rotatable bonds is 7. The topological polar surface area (TPSA) is 41.6 Å². The van der Waals surface area contributed by atoms with Gasteiger partial charge in [-0.3, -0.25) is 4.79 Å². The van der Waals surface area contributed by atoms with Gasteiger partial charge in [0, 0.05) is 19.7 Å². The van der Waals surface area contributed by atoms with E-state index in [1.807, 2.05) is 13.8 Å². The van der Waals surface area contributed by atoms with Crippen LogP contribution in [0, 0.1) is 0 Å². The van der Waals surface area contributed by atoms with E-state index in [2.05, 4.69) is 5.32 Å². The Bertz CT molecular complexity index is 140. The fraction of sp³-hybridized carbons (Fsp3) is 0.889. The first-order valence-electron chi connectivity index (χ1n) is 4.76. The summed E-state index contributed by atoms with van der Waals surface area (Å²) in [4.78, 5) is 13.2. The molecular formula is C9H20N2O2. The summed E-state index contributed by atoms with van der Waals surface area (Å²) in [5.74, 6) is 0.129. The van der Waals surface area contributed by atoms with Crippen LogP contribution in [0.4, 0.5) is 0 Å². The van der Waals surface area contributed by atoms with Crippen molar-refractivity contribution in [3.8, 4) is 0 Å². The van der Waals surface area contributed by atoms with Crippen LogP contribution in [0.15, 0.2) is 0 Å². The van der Waals surface area contributed by atoms with Gasteiger partial charge in [-0.25, -0.2) is 0 Å². The van der Waals surface area contributed by atoms with Crippen molar-refractivity contribution in [2.45, 2.75) is 13.8 Å². The average molecular weight is 188 g/mol. The zero-order chi connectivity index (χ0) is 10.1. The van der Waals surface area contributed by atoms with Crippen molar-refractivity contribution in [2.24, 2.45) is 0 Å². The Morgan fingerprint density at radius 1 is 1.46 bits per heavy atom. The van der Waals surface area contributed by atoms with Gasteiger partial charge in [-0.05, 0) is 20.9 Å². The second-order valence-corrected chi connectivity index (χ2v) is 2.70. The Hall–Kier alpha value is -0.610. The van der Waals surface area contributed by atoms with E-state index in [0.717, 1.165) is 6.54 Å². The first kappa shape index (κ1) is 12.4. The number of carbonyl (C=O) groups excluding carboxylic acids is 1. The maximum absolute atomic E-state index is 11.4. The Balaban J connectivity index is 3.67. The molecule has 0 aromatic carbocycles. The first-order chi connectivity index (χ1) is 6.26. The molecule has 1 N–H and O–H groups in total. The van der Waals surface area contributed by atoms with Gasteiger partial charge in [-0.1, -0.05) is 0 Å². The quantitative estimate of drug-likeness (QED) is 0.576. The highest BCUT2D eigenvalue weighted by Gasteiger charge is 2.08. The summed E-state index contributed by atoms with van der Waals surface area (Å²) in [7, 11) is 1.77. The van der Waals surface area contributed by atoms with Crippen molar-refractivity contribution in [1.29, 1.82) is 0 Å². The standard InChI is InChI=1S/C9H20N2O2/c1-4-11(6-7-13-5-2)9(12)8-10-3/h10H,4-8H2,1-3H3. The second kappa shape index (κ2) is 8.01. The monoisotopic (exact) mass is 188 g/mol. The maximum atomic E-state index is 11.4. The molecule has 0 aliphatic rings. The van der Waals surface area contributed by atoms with E-state index in [-0.39, 0.29) is 5.91 Å². The first-order valence-corrected chi connectivity index (χ1v) is 4.76. The zero-order valence-electron chi connectivity index (χ0n) is 8.80. The Morgan fingerprint density at radius 3 is 2.62 bits per heavy atom. The molecule has 0 atom stereocenters. The van der Waals surface area contributed by atoms with Crippen molar-refractivity contribution in [3.63, 3.8) is 0 Å². The molecule has 0 saturated heterocycles. The van der Waals surface area contributed by atoms with Gasteiger partial charge in [0.25, 0.3) is 0 Å². The fourth-order valence-electron chi connectivity index (χ4n) is 1.04. The normalized spacial score (nSPS) is 10.1. The van der Waals surface area contributed by atoms with Gasteiger partial charge in [-0.15, -0.1) is 0 Å². The highest BCUT2D eigenvalue weighted by Crippen LogP contribution is 1.89. The third kappa shape index (κ3) is 5.60. The number of likely N-dealkylation sites (N-methyl/N-ethyl adjacent to an activating group) is 2. The molecule has 0 saturated carbocycles. The largest absolute Gasteiger partial charge is 0.380 e. The van der Waals surface area contributed by atoms with E-state index >= 15 is 0 Å². The molecule has 0 unspecified atom stereocenters. The lowest BCUT2D eigenvalue weighted by molar-refractivity contribution is -0.130. The molecule has 4 heteroatoms. The summed E-state index contributed by atoms with van der Waals surface area (Å²) in [6, 6.07) is 0. The molecule has 0 bridgehead atoms. The number of nitrogens with one attached hydrogen (secondary N) is 1. The van der Waals surface area contributed by atoms with Crippen LogP contribution in [0.2, 0.25) is 0 Å². The van der Waals surface area contributed by atoms with Crippen LogP contribution in [0.5, 0.6) is 0 Å². The van der Waals surface area contributed by atoms with E-state index in [0.29, 0.717) is 26.3 Å². The third-order valence-electron chi connectivity index (χ3n) is 1.77. The summed E-state index contributed by atoms with van der Waals surface area (Å²) in [5.41, 5.74) is 0. The predicted molar refractivity (Wildman–Crippen MR) is 52.7 cm³/mol. The maximum Gasteiger partial charge on any atom is 0.236 e. The van der Waals surface area contributed by atoms with E-state index in [1.165, 1.54) is 0 Å².